The number of para-hydroxylation sites is 2. The van der Waals surface area contributed by atoms with Gasteiger partial charge in [-0.05, 0) is 78.9 Å². The van der Waals surface area contributed by atoms with E-state index in [0.29, 0.717) is 26.1 Å². The number of carboxylic acids is 1. The first-order valence-corrected chi connectivity index (χ1v) is 15.9. The van der Waals surface area contributed by atoms with E-state index in [0.717, 1.165) is 75.1 Å². The topological polar surface area (TPSA) is 81.5 Å². The Morgan fingerprint density at radius 3 is 1.65 bits per heavy atom. The van der Waals surface area contributed by atoms with Crippen LogP contribution < -0.4 is 9.47 Å². The summed E-state index contributed by atoms with van der Waals surface area (Å²) in [7, 11) is 0. The number of fused-ring (bicyclic) bond motifs is 2. The Morgan fingerprint density at radius 2 is 1.15 bits per heavy atom. The average molecular weight is 609 g/mol. The summed E-state index contributed by atoms with van der Waals surface area (Å²) in [5.74, 6) is 0.371. The van der Waals surface area contributed by atoms with Crippen molar-refractivity contribution in [2.24, 2.45) is 5.92 Å². The van der Waals surface area contributed by atoms with Gasteiger partial charge in [0.25, 0.3) is 0 Å². The smallest absolute Gasteiger partial charge is 0.306 e. The summed E-state index contributed by atoms with van der Waals surface area (Å²) in [6.07, 6.45) is 3.97. The zero-order chi connectivity index (χ0) is 31.3. The van der Waals surface area contributed by atoms with Crippen LogP contribution in [0.1, 0.15) is 54.6 Å². The lowest BCUT2D eigenvalue weighted by Gasteiger charge is -2.36. The number of rotatable bonds is 9. The molecule has 0 radical (unpaired) electrons. The van der Waals surface area contributed by atoms with Gasteiger partial charge < -0.3 is 14.6 Å². The maximum Gasteiger partial charge on any atom is 0.306 e. The molecule has 0 amide bonds. The number of ether oxygens (including phenoxy) is 2. The van der Waals surface area contributed by atoms with Crippen LogP contribution in [0.25, 0.3) is 21.8 Å². The van der Waals surface area contributed by atoms with Gasteiger partial charge >= 0.3 is 5.97 Å². The minimum atomic E-state index is -0.725. The lowest BCUT2D eigenvalue weighted by atomic mass is 9.67. The van der Waals surface area contributed by atoms with Crippen LogP contribution in [-0.2, 0) is 23.4 Å². The Labute approximate surface area is 268 Å². The van der Waals surface area contributed by atoms with Crippen molar-refractivity contribution in [3.63, 3.8) is 0 Å². The number of carboxylic acid groups (broad SMARTS) is 1. The number of benzene rings is 4. The molecule has 230 valence electrons. The molecule has 2 aromatic heterocycles. The lowest BCUT2D eigenvalue weighted by molar-refractivity contribution is -0.142. The number of pyridine rings is 2. The number of aliphatic carboxylic acids is 1. The molecule has 4 aromatic carbocycles. The van der Waals surface area contributed by atoms with Gasteiger partial charge in [-0.2, -0.15) is 0 Å². The number of hydrogen-bond donors (Lipinski definition) is 1. The summed E-state index contributed by atoms with van der Waals surface area (Å²) < 4.78 is 12.3. The van der Waals surface area contributed by atoms with Crippen LogP contribution >= 0.6 is 0 Å². The average Bonchev–Trinajstić information content (AvgIpc) is 3.35. The normalized spacial score (nSPS) is 16.1. The van der Waals surface area contributed by atoms with Gasteiger partial charge in [0, 0.05) is 16.2 Å². The number of nitrogens with zero attached hydrogens (tertiary/aromatic N) is 2. The fourth-order valence-electron chi connectivity index (χ4n) is 6.78. The first-order chi connectivity index (χ1) is 22.6. The second kappa shape index (κ2) is 13.0. The molecule has 7 rings (SSSR count). The zero-order valence-corrected chi connectivity index (χ0v) is 25.6. The maximum absolute atomic E-state index is 12.3. The number of hydrogen-bond acceptors (Lipinski definition) is 5. The van der Waals surface area contributed by atoms with E-state index in [4.69, 9.17) is 19.4 Å². The molecule has 1 saturated carbocycles. The maximum atomic E-state index is 12.3. The van der Waals surface area contributed by atoms with Crippen LogP contribution in [-0.4, -0.2) is 21.0 Å². The summed E-state index contributed by atoms with van der Waals surface area (Å²) in [4.78, 5) is 21.8. The van der Waals surface area contributed by atoms with Crippen molar-refractivity contribution in [1.82, 2.24) is 9.97 Å². The van der Waals surface area contributed by atoms with Gasteiger partial charge in [0.2, 0.25) is 0 Å². The molecule has 1 aliphatic carbocycles. The van der Waals surface area contributed by atoms with Gasteiger partial charge in [-0.25, -0.2) is 9.97 Å². The van der Waals surface area contributed by atoms with Crippen LogP contribution in [0.3, 0.4) is 0 Å². The first-order valence-electron chi connectivity index (χ1n) is 15.9. The Bertz CT molecular complexity index is 1840. The second-order valence-corrected chi connectivity index (χ2v) is 12.2. The molecule has 1 N–H and O–H groups in total. The van der Waals surface area contributed by atoms with Crippen LogP contribution in [0.15, 0.2) is 121 Å². The highest BCUT2D eigenvalue weighted by Gasteiger charge is 2.40. The minimum absolute atomic E-state index is 0.368. The third kappa shape index (κ3) is 6.29. The van der Waals surface area contributed by atoms with Gasteiger partial charge in [-0.1, -0.05) is 85.6 Å². The molecule has 0 aliphatic heterocycles. The van der Waals surface area contributed by atoms with Crippen LogP contribution in [0.4, 0.5) is 0 Å². The zero-order valence-electron chi connectivity index (χ0n) is 25.6. The summed E-state index contributed by atoms with van der Waals surface area (Å²) in [5, 5.41) is 12.3. The van der Waals surface area contributed by atoms with E-state index in [-0.39, 0.29) is 0 Å². The fraction of sp³-hybridized carbons (Fsp3) is 0.225. The molecular weight excluding hydrogens is 572 g/mol. The van der Waals surface area contributed by atoms with Crippen LogP contribution in [0.5, 0.6) is 11.5 Å². The third-order valence-corrected chi connectivity index (χ3v) is 9.25. The molecule has 1 aliphatic rings. The quantitative estimate of drug-likeness (QED) is 0.165. The van der Waals surface area contributed by atoms with E-state index >= 15 is 0 Å². The molecule has 1 fully saturated rings. The molecule has 6 nitrogen and oxygen atoms in total. The van der Waals surface area contributed by atoms with Crippen LogP contribution in [0.2, 0.25) is 0 Å². The third-order valence-electron chi connectivity index (χ3n) is 9.25. The monoisotopic (exact) mass is 608 g/mol. The Balaban J connectivity index is 1.11. The molecular formula is C40H36N2O4. The molecule has 0 bridgehead atoms. The highest BCUT2D eigenvalue weighted by molar-refractivity contribution is 5.79. The van der Waals surface area contributed by atoms with Crippen molar-refractivity contribution in [1.29, 1.82) is 0 Å². The fourth-order valence-corrected chi connectivity index (χ4v) is 6.78. The van der Waals surface area contributed by atoms with Gasteiger partial charge in [0.1, 0.15) is 24.7 Å². The van der Waals surface area contributed by atoms with Gasteiger partial charge in [0.15, 0.2) is 0 Å². The second-order valence-electron chi connectivity index (χ2n) is 12.2. The molecule has 0 saturated heterocycles. The van der Waals surface area contributed by atoms with Crippen molar-refractivity contribution in [2.45, 2.75) is 50.7 Å². The highest BCUT2D eigenvalue weighted by atomic mass is 16.5. The van der Waals surface area contributed by atoms with E-state index in [1.807, 2.05) is 84.9 Å². The number of aromatic nitrogens is 2. The minimum Gasteiger partial charge on any atom is -0.487 e. The van der Waals surface area contributed by atoms with Gasteiger partial charge in [-0.3, -0.25) is 4.79 Å². The Morgan fingerprint density at radius 1 is 0.652 bits per heavy atom. The molecule has 2 heterocycles. The number of carbonyl (C=O) groups is 1. The van der Waals surface area contributed by atoms with Gasteiger partial charge in [0.05, 0.1) is 28.3 Å². The summed E-state index contributed by atoms with van der Waals surface area (Å²) >= 11 is 0. The molecule has 0 spiro atoms. The molecule has 1 atom stereocenters. The van der Waals surface area contributed by atoms with E-state index in [2.05, 4.69) is 36.4 Å². The van der Waals surface area contributed by atoms with E-state index in [1.165, 1.54) is 0 Å². The van der Waals surface area contributed by atoms with Crippen molar-refractivity contribution in [3.8, 4) is 11.5 Å². The van der Waals surface area contributed by atoms with Crippen molar-refractivity contribution < 1.29 is 19.4 Å². The standard InChI is InChI=1S/C40H36N2O4/c43-39(44)30-9-5-6-24-40(25-30,31-14-20-35(21-15-31)45-26-33-18-12-28-7-1-3-10-37(28)41-33)32-16-22-36(23-17-32)46-27-34-19-13-29-8-2-4-11-38(29)42-34/h1-4,7-8,10-23,30H,5-6,9,24-27H2,(H,43,44). The predicted molar refractivity (Wildman–Crippen MR) is 180 cm³/mol. The van der Waals surface area contributed by atoms with Crippen LogP contribution in [0, 0.1) is 5.92 Å². The summed E-state index contributed by atoms with van der Waals surface area (Å²) in [5.41, 5.74) is 5.40. The van der Waals surface area contributed by atoms with Crippen molar-refractivity contribution in [3.05, 3.63) is 144 Å². The molecule has 46 heavy (non-hydrogen) atoms. The predicted octanol–water partition coefficient (Wildman–Crippen LogP) is 8.89. The molecule has 1 unspecified atom stereocenters. The van der Waals surface area contributed by atoms with Gasteiger partial charge in [-0.15, -0.1) is 0 Å². The lowest BCUT2D eigenvalue weighted by Crippen LogP contribution is -2.31. The van der Waals surface area contributed by atoms with Crippen molar-refractivity contribution in [2.75, 3.05) is 0 Å². The summed E-state index contributed by atoms with van der Waals surface area (Å²) in [6, 6.07) is 40.6. The van der Waals surface area contributed by atoms with Crippen molar-refractivity contribution >= 4 is 27.8 Å². The first kappa shape index (κ1) is 29.5. The SMILES string of the molecule is O=C(O)C1CCCCC(c2ccc(OCc3ccc4ccccc4n3)cc2)(c2ccc(OCc3ccc4ccccc4n3)cc2)C1. The molecule has 6 heteroatoms. The van der Waals surface area contributed by atoms with E-state index < -0.39 is 17.3 Å². The summed E-state index contributed by atoms with van der Waals surface area (Å²) in [6.45, 7) is 0.735. The largest absolute Gasteiger partial charge is 0.487 e. The van der Waals surface area contributed by atoms with E-state index in [9.17, 15) is 9.90 Å². The molecule has 6 aromatic rings. The Kier molecular flexibility index (Phi) is 8.34. The highest BCUT2D eigenvalue weighted by Crippen LogP contribution is 2.46. The Hall–Kier alpha value is -5.23. The van der Waals surface area contributed by atoms with E-state index in [1.54, 1.807) is 0 Å².